The minimum absolute atomic E-state index is 0.223. The maximum Gasteiger partial charge on any atom is 0.331 e. The van der Waals surface area contributed by atoms with Gasteiger partial charge in [-0.2, -0.15) is 0 Å². The minimum atomic E-state index is -1.30. The van der Waals surface area contributed by atoms with E-state index in [1.807, 2.05) is 34.9 Å². The second-order valence-electron chi connectivity index (χ2n) is 6.65. The van der Waals surface area contributed by atoms with Crippen molar-refractivity contribution in [2.75, 3.05) is 0 Å². The van der Waals surface area contributed by atoms with Crippen LogP contribution in [0, 0.1) is 5.92 Å². The molecule has 146 valence electrons. The van der Waals surface area contributed by atoms with Crippen LogP contribution in [-0.2, 0) is 25.5 Å². The minimum Gasteiger partial charge on any atom is -0.461 e. The Balaban J connectivity index is 1.84. The lowest BCUT2D eigenvalue weighted by atomic mass is 10.0. The van der Waals surface area contributed by atoms with E-state index < -0.39 is 35.8 Å². The second kappa shape index (κ2) is 8.03. The third-order valence-corrected chi connectivity index (χ3v) is 4.17. The predicted molar refractivity (Wildman–Crippen MR) is 101 cm³/mol. The third-order valence-electron chi connectivity index (χ3n) is 4.17. The molecule has 1 saturated heterocycles. The lowest BCUT2D eigenvalue weighted by Gasteiger charge is -2.18. The van der Waals surface area contributed by atoms with E-state index in [1.165, 1.54) is 0 Å². The maximum atomic E-state index is 12.5. The molecule has 0 saturated carbocycles. The molecule has 0 bridgehead atoms. The van der Waals surface area contributed by atoms with Crippen molar-refractivity contribution in [1.29, 1.82) is 0 Å². The van der Waals surface area contributed by atoms with Gasteiger partial charge in [0.25, 0.3) is 0 Å². The number of nitrogens with zero attached hydrogens (tertiary/aromatic N) is 1. The fourth-order valence-electron chi connectivity index (χ4n) is 2.87. The zero-order valence-electron chi connectivity index (χ0n) is 15.4. The summed E-state index contributed by atoms with van der Waals surface area (Å²) in [5, 5.41) is 4.93. The number of ether oxygens (including phenoxy) is 1. The highest BCUT2D eigenvalue weighted by Gasteiger charge is 2.33. The molecule has 0 spiro atoms. The van der Waals surface area contributed by atoms with E-state index >= 15 is 0 Å². The number of aliphatic imine (C=N–C) groups is 1. The Hall–Kier alpha value is -3.49. The molecule has 0 radical (unpaired) electrons. The average molecular weight is 384 g/mol. The summed E-state index contributed by atoms with van der Waals surface area (Å²) in [5.74, 6) is -3.44. The van der Waals surface area contributed by atoms with Crippen LogP contribution in [0.1, 0.15) is 19.4 Å². The molecule has 2 aromatic rings. The number of nitrogens with one attached hydrogen (secondary N) is 3. The number of esters is 1. The number of imide groups is 2. The van der Waals surface area contributed by atoms with Gasteiger partial charge in [0.15, 0.2) is 12.0 Å². The van der Waals surface area contributed by atoms with Gasteiger partial charge in [-0.1, -0.05) is 18.2 Å². The standard InChI is InChI=1S/C19H20N4O5/c1-10(2)28-18(26)15(7-11-8-20-14-6-4-3-5-12(11)14)21-9-13-16(24)22-19(27)23-17(13)25/h3-6,8-10,13,15,20H,7H2,1-2H3,(H2,22,23,24,25,27)/t15-/m0/s1. The molecule has 9 heteroatoms. The van der Waals surface area contributed by atoms with Crippen LogP contribution in [0.5, 0.6) is 0 Å². The van der Waals surface area contributed by atoms with E-state index in [-0.39, 0.29) is 12.5 Å². The molecule has 1 atom stereocenters. The molecule has 1 aromatic carbocycles. The molecular weight excluding hydrogens is 364 g/mol. The van der Waals surface area contributed by atoms with Crippen molar-refractivity contribution in [3.63, 3.8) is 0 Å². The Morgan fingerprint density at radius 3 is 2.54 bits per heavy atom. The Kier molecular flexibility index (Phi) is 5.53. The van der Waals surface area contributed by atoms with Gasteiger partial charge in [-0.15, -0.1) is 0 Å². The summed E-state index contributed by atoms with van der Waals surface area (Å²) < 4.78 is 5.27. The van der Waals surface area contributed by atoms with Crippen molar-refractivity contribution in [1.82, 2.24) is 15.6 Å². The SMILES string of the molecule is CC(C)OC(=O)[C@H](Cc1c[nH]c2ccccc12)N=CC1C(=O)NC(=O)NC1=O. The summed E-state index contributed by atoms with van der Waals surface area (Å²) in [4.78, 5) is 54.7. The Morgan fingerprint density at radius 2 is 1.86 bits per heavy atom. The van der Waals surface area contributed by atoms with Crippen molar-refractivity contribution in [2.45, 2.75) is 32.4 Å². The van der Waals surface area contributed by atoms with Gasteiger partial charge in [0.1, 0.15) is 0 Å². The van der Waals surface area contributed by atoms with Crippen LogP contribution in [0.2, 0.25) is 0 Å². The van der Waals surface area contributed by atoms with Crippen LogP contribution in [0.4, 0.5) is 4.79 Å². The fourth-order valence-corrected chi connectivity index (χ4v) is 2.87. The molecule has 0 unspecified atom stereocenters. The number of aromatic nitrogens is 1. The summed E-state index contributed by atoms with van der Waals surface area (Å²) in [6.07, 6.45) is 2.75. The molecule has 1 aliphatic heterocycles. The van der Waals surface area contributed by atoms with Gasteiger partial charge in [0.05, 0.1) is 6.10 Å². The molecular formula is C19H20N4O5. The van der Waals surface area contributed by atoms with Crippen LogP contribution in [0.3, 0.4) is 0 Å². The van der Waals surface area contributed by atoms with Crippen molar-refractivity contribution in [2.24, 2.45) is 10.9 Å². The van der Waals surface area contributed by atoms with E-state index in [2.05, 4.69) is 9.98 Å². The lowest BCUT2D eigenvalue weighted by Crippen LogP contribution is -2.56. The van der Waals surface area contributed by atoms with Gasteiger partial charge >= 0.3 is 12.0 Å². The number of rotatable bonds is 6. The number of aromatic amines is 1. The Labute approximate surface area is 160 Å². The number of carbonyl (C=O) groups is 4. The van der Waals surface area contributed by atoms with Gasteiger partial charge in [0.2, 0.25) is 11.8 Å². The van der Waals surface area contributed by atoms with E-state index in [9.17, 15) is 19.2 Å². The largest absolute Gasteiger partial charge is 0.461 e. The summed E-state index contributed by atoms with van der Waals surface area (Å²) in [7, 11) is 0. The second-order valence-corrected chi connectivity index (χ2v) is 6.65. The first-order valence-electron chi connectivity index (χ1n) is 8.79. The molecule has 1 fully saturated rings. The zero-order chi connectivity index (χ0) is 20.3. The van der Waals surface area contributed by atoms with Crippen LogP contribution >= 0.6 is 0 Å². The third kappa shape index (κ3) is 4.25. The van der Waals surface area contributed by atoms with Crippen molar-refractivity contribution >= 4 is 40.9 Å². The molecule has 28 heavy (non-hydrogen) atoms. The number of amides is 4. The summed E-state index contributed by atoms with van der Waals surface area (Å²) >= 11 is 0. The Bertz CT molecular complexity index is 942. The first-order valence-corrected chi connectivity index (χ1v) is 8.79. The number of para-hydroxylation sites is 1. The number of hydrogen-bond donors (Lipinski definition) is 3. The van der Waals surface area contributed by atoms with Crippen molar-refractivity contribution in [3.8, 4) is 0 Å². The first-order chi connectivity index (χ1) is 13.3. The van der Waals surface area contributed by atoms with Crippen molar-refractivity contribution in [3.05, 3.63) is 36.0 Å². The summed E-state index contributed by atoms with van der Waals surface area (Å²) in [6, 6.07) is 5.79. The topological polar surface area (TPSA) is 130 Å². The smallest absolute Gasteiger partial charge is 0.331 e. The lowest BCUT2D eigenvalue weighted by molar-refractivity contribution is -0.149. The molecule has 0 aliphatic carbocycles. The van der Waals surface area contributed by atoms with Gasteiger partial charge in [0, 0.05) is 29.7 Å². The van der Waals surface area contributed by atoms with Gasteiger partial charge in [-0.25, -0.2) is 9.59 Å². The number of barbiturate groups is 1. The molecule has 2 heterocycles. The molecule has 3 rings (SSSR count). The monoisotopic (exact) mass is 384 g/mol. The molecule has 3 N–H and O–H groups in total. The molecule has 9 nitrogen and oxygen atoms in total. The number of urea groups is 1. The fraction of sp³-hybridized carbons (Fsp3) is 0.316. The predicted octanol–water partition coefficient (Wildman–Crippen LogP) is 1.08. The highest BCUT2D eigenvalue weighted by Crippen LogP contribution is 2.20. The normalized spacial score (nSPS) is 16.5. The summed E-state index contributed by atoms with van der Waals surface area (Å²) in [6.45, 7) is 3.44. The number of carbonyl (C=O) groups excluding carboxylic acids is 4. The van der Waals surface area contributed by atoms with Crippen LogP contribution in [0.15, 0.2) is 35.5 Å². The highest BCUT2D eigenvalue weighted by atomic mass is 16.5. The molecule has 1 aliphatic rings. The maximum absolute atomic E-state index is 12.5. The van der Waals surface area contributed by atoms with Gasteiger partial charge in [-0.3, -0.25) is 25.2 Å². The van der Waals surface area contributed by atoms with E-state index in [1.54, 1.807) is 20.0 Å². The van der Waals surface area contributed by atoms with E-state index in [4.69, 9.17) is 4.74 Å². The molecule has 4 amide bonds. The summed E-state index contributed by atoms with van der Waals surface area (Å²) in [5.41, 5.74) is 1.77. The first kappa shape index (κ1) is 19.3. The number of fused-ring (bicyclic) bond motifs is 1. The Morgan fingerprint density at radius 1 is 1.18 bits per heavy atom. The average Bonchev–Trinajstić information content (AvgIpc) is 3.02. The number of H-pyrrole nitrogens is 1. The van der Waals surface area contributed by atoms with Crippen LogP contribution < -0.4 is 10.6 Å². The number of benzene rings is 1. The van der Waals surface area contributed by atoms with E-state index in [0.717, 1.165) is 22.7 Å². The van der Waals surface area contributed by atoms with E-state index in [0.29, 0.717) is 0 Å². The quantitative estimate of drug-likeness (QED) is 0.390. The zero-order valence-corrected chi connectivity index (χ0v) is 15.4. The van der Waals surface area contributed by atoms with Crippen LogP contribution in [-0.4, -0.2) is 47.2 Å². The van der Waals surface area contributed by atoms with Crippen LogP contribution in [0.25, 0.3) is 10.9 Å². The highest BCUT2D eigenvalue weighted by molar-refractivity contribution is 6.23. The molecule has 1 aromatic heterocycles. The van der Waals surface area contributed by atoms with Crippen molar-refractivity contribution < 1.29 is 23.9 Å². The van der Waals surface area contributed by atoms with Gasteiger partial charge < -0.3 is 9.72 Å². The van der Waals surface area contributed by atoms with Gasteiger partial charge in [-0.05, 0) is 25.5 Å². The number of hydrogen-bond acceptors (Lipinski definition) is 6.